The van der Waals surface area contributed by atoms with Crippen molar-refractivity contribution in [3.05, 3.63) is 90.1 Å². The van der Waals surface area contributed by atoms with E-state index >= 15 is 0 Å². The molecule has 40 heavy (non-hydrogen) atoms. The van der Waals surface area contributed by atoms with E-state index in [1.54, 1.807) is 24.3 Å². The highest BCUT2D eigenvalue weighted by atomic mass is 32.2. The molecule has 212 valence electrons. The van der Waals surface area contributed by atoms with E-state index in [1.165, 1.54) is 37.6 Å². The molecule has 1 aromatic heterocycles. The summed E-state index contributed by atoms with van der Waals surface area (Å²) in [4.78, 5) is 0. The first-order valence-corrected chi connectivity index (χ1v) is 13.1. The topological polar surface area (TPSA) is 84.5 Å². The van der Waals surface area contributed by atoms with Crippen molar-refractivity contribution in [2.24, 2.45) is 0 Å². The van der Waals surface area contributed by atoms with Crippen LogP contribution in [0.4, 0.5) is 32.0 Å². The first kappa shape index (κ1) is 28.8. The number of rotatable bonds is 9. The van der Waals surface area contributed by atoms with Gasteiger partial charge in [-0.15, -0.1) is 0 Å². The zero-order valence-corrected chi connectivity index (χ0v) is 21.4. The molecule has 0 radical (unpaired) electrons. The van der Waals surface area contributed by atoms with Gasteiger partial charge in [-0.1, -0.05) is 24.3 Å². The molecule has 0 aliphatic heterocycles. The van der Waals surface area contributed by atoms with Crippen molar-refractivity contribution in [1.82, 2.24) is 10.2 Å². The average Bonchev–Trinajstić information content (AvgIpc) is 3.35. The number of nitrogens with zero attached hydrogens (tertiary/aromatic N) is 2. The monoisotopic (exact) mass is 585 g/mol. The molecule has 1 N–H and O–H groups in total. The molecule has 0 amide bonds. The predicted molar refractivity (Wildman–Crippen MR) is 135 cm³/mol. The lowest BCUT2D eigenvalue weighted by Gasteiger charge is -2.25. The molecule has 14 heteroatoms. The van der Waals surface area contributed by atoms with Crippen LogP contribution in [-0.4, -0.2) is 37.7 Å². The van der Waals surface area contributed by atoms with E-state index in [1.807, 2.05) is 0 Å². The summed E-state index contributed by atoms with van der Waals surface area (Å²) in [7, 11) is -3.51. The second-order valence-electron chi connectivity index (χ2n) is 8.47. The summed E-state index contributed by atoms with van der Waals surface area (Å²) >= 11 is 0. The molecule has 0 atom stereocenters. The van der Waals surface area contributed by atoms with E-state index in [9.17, 15) is 34.8 Å². The first-order valence-electron chi connectivity index (χ1n) is 11.4. The third-order valence-electron chi connectivity index (χ3n) is 5.64. The van der Waals surface area contributed by atoms with Gasteiger partial charge >= 0.3 is 12.4 Å². The van der Waals surface area contributed by atoms with Crippen LogP contribution in [0.15, 0.2) is 79.0 Å². The minimum absolute atomic E-state index is 0.101. The summed E-state index contributed by atoms with van der Waals surface area (Å²) in [5, 5.41) is 6.40. The summed E-state index contributed by atoms with van der Waals surface area (Å²) in [6, 6.07) is 16.0. The van der Waals surface area contributed by atoms with E-state index in [4.69, 9.17) is 9.47 Å². The van der Waals surface area contributed by atoms with Gasteiger partial charge in [-0.05, 0) is 54.1 Å². The van der Waals surface area contributed by atoms with Crippen molar-refractivity contribution in [2.45, 2.75) is 18.9 Å². The summed E-state index contributed by atoms with van der Waals surface area (Å²) in [6.07, 6.45) is -8.40. The molecule has 1 heterocycles. The molecule has 4 aromatic rings. The molecule has 0 aliphatic rings. The highest BCUT2D eigenvalue weighted by Gasteiger charge is 2.39. The van der Waals surface area contributed by atoms with Crippen LogP contribution in [-0.2, 0) is 22.7 Å². The van der Waals surface area contributed by atoms with Crippen LogP contribution in [0.2, 0.25) is 0 Å². The van der Waals surface area contributed by atoms with E-state index in [0.29, 0.717) is 15.8 Å². The number of hydrogen-bond donors (Lipinski definition) is 1. The summed E-state index contributed by atoms with van der Waals surface area (Å²) in [5.74, 6) is -1.09. The van der Waals surface area contributed by atoms with E-state index in [0.717, 1.165) is 24.3 Å². The zero-order valence-electron chi connectivity index (χ0n) is 20.6. The molecule has 0 fully saturated rings. The van der Waals surface area contributed by atoms with E-state index < -0.39 is 40.2 Å². The number of halogens is 6. The Morgan fingerprint density at radius 2 is 1.50 bits per heavy atom. The maximum atomic E-state index is 13.2. The Kier molecular flexibility index (Phi) is 8.00. The minimum Gasteiger partial charge on any atom is -0.493 e. The molecule has 0 spiro atoms. The fourth-order valence-corrected chi connectivity index (χ4v) is 5.16. The van der Waals surface area contributed by atoms with Gasteiger partial charge < -0.3 is 9.47 Å². The number of nitrogens with one attached hydrogen (secondary N) is 1. The van der Waals surface area contributed by atoms with Crippen LogP contribution in [0.5, 0.6) is 17.2 Å². The number of hydrogen-bond acceptors (Lipinski definition) is 5. The number of ether oxygens (including phenoxy) is 2. The first-order chi connectivity index (χ1) is 18.8. The Morgan fingerprint density at radius 1 is 0.875 bits per heavy atom. The molecule has 0 aliphatic carbocycles. The molecule has 0 unspecified atom stereocenters. The molecule has 0 bridgehead atoms. The Balaban J connectivity index is 1.66. The van der Waals surface area contributed by atoms with Crippen LogP contribution in [0.3, 0.4) is 0 Å². The van der Waals surface area contributed by atoms with Gasteiger partial charge in [0.05, 0.1) is 36.8 Å². The molecular weight excluding hydrogens is 564 g/mol. The lowest BCUT2D eigenvalue weighted by atomic mass is 10.1. The molecule has 7 nitrogen and oxygen atoms in total. The van der Waals surface area contributed by atoms with Crippen molar-refractivity contribution in [1.29, 1.82) is 0 Å². The smallest absolute Gasteiger partial charge is 0.416 e. The molecule has 4 rings (SSSR count). The van der Waals surface area contributed by atoms with E-state index in [-0.39, 0.29) is 28.3 Å². The fourth-order valence-electron chi connectivity index (χ4n) is 3.81. The number of aromatic amines is 1. The lowest BCUT2D eigenvalue weighted by molar-refractivity contribution is -0.137. The number of para-hydroxylation sites is 2. The number of aromatic nitrogens is 2. The van der Waals surface area contributed by atoms with E-state index in [2.05, 4.69) is 10.2 Å². The van der Waals surface area contributed by atoms with Gasteiger partial charge in [0.15, 0.2) is 17.3 Å². The molecular formula is C26H21F6N3O4S. The Morgan fingerprint density at radius 3 is 2.08 bits per heavy atom. The van der Waals surface area contributed by atoms with Gasteiger partial charge in [-0.25, -0.2) is 8.42 Å². The SMILES string of the molecule is COc1ccccc1Oc1ccc(N(Cc2cn[nH]c2-c2ccc(C(F)(F)F)cc2)S(=O)(=O)CC(F)(F)F)cc1. The second-order valence-corrected chi connectivity index (χ2v) is 10.4. The van der Waals surface area contributed by atoms with Crippen molar-refractivity contribution < 1.29 is 44.2 Å². The Hall–Kier alpha value is -4.20. The van der Waals surface area contributed by atoms with Gasteiger partial charge in [0.2, 0.25) is 10.0 Å². The van der Waals surface area contributed by atoms with Gasteiger partial charge in [-0.2, -0.15) is 31.4 Å². The summed E-state index contributed by atoms with van der Waals surface area (Å²) in [5.41, 5.74) is -0.482. The van der Waals surface area contributed by atoms with Gasteiger partial charge in [0.1, 0.15) is 5.75 Å². The fraction of sp³-hybridized carbons (Fsp3) is 0.192. The summed E-state index contributed by atoms with van der Waals surface area (Å²) < 4.78 is 116. The van der Waals surface area contributed by atoms with Crippen LogP contribution in [0.25, 0.3) is 11.3 Å². The third kappa shape index (κ3) is 6.86. The zero-order chi connectivity index (χ0) is 29.1. The predicted octanol–water partition coefficient (Wildman–Crippen LogP) is 6.80. The van der Waals surface area contributed by atoms with Crippen LogP contribution >= 0.6 is 0 Å². The van der Waals surface area contributed by atoms with Crippen LogP contribution in [0, 0.1) is 0 Å². The van der Waals surface area contributed by atoms with Crippen molar-refractivity contribution in [3.63, 3.8) is 0 Å². The number of sulfonamides is 1. The maximum Gasteiger partial charge on any atom is 0.416 e. The molecule has 0 saturated heterocycles. The number of benzene rings is 3. The third-order valence-corrected chi connectivity index (χ3v) is 7.34. The number of H-pyrrole nitrogens is 1. The number of methoxy groups -OCH3 is 1. The number of anilines is 1. The lowest BCUT2D eigenvalue weighted by Crippen LogP contribution is -2.37. The normalized spacial score (nSPS) is 12.3. The van der Waals surface area contributed by atoms with Crippen LogP contribution < -0.4 is 13.8 Å². The Bertz CT molecular complexity index is 1550. The summed E-state index contributed by atoms with van der Waals surface area (Å²) in [6.45, 7) is -0.585. The van der Waals surface area contributed by atoms with Gasteiger partial charge in [0.25, 0.3) is 0 Å². The average molecular weight is 586 g/mol. The maximum absolute atomic E-state index is 13.2. The largest absolute Gasteiger partial charge is 0.493 e. The Labute approximate surface area is 225 Å². The molecule has 0 saturated carbocycles. The van der Waals surface area contributed by atoms with Crippen molar-refractivity contribution in [3.8, 4) is 28.5 Å². The highest BCUT2D eigenvalue weighted by molar-refractivity contribution is 7.92. The van der Waals surface area contributed by atoms with Crippen molar-refractivity contribution in [2.75, 3.05) is 17.2 Å². The highest BCUT2D eigenvalue weighted by Crippen LogP contribution is 2.35. The van der Waals surface area contributed by atoms with Crippen LogP contribution in [0.1, 0.15) is 11.1 Å². The number of alkyl halides is 6. The van der Waals surface area contributed by atoms with Gasteiger partial charge in [-0.3, -0.25) is 9.40 Å². The standard InChI is InChI=1S/C26H21F6N3O4S/c1-38-22-4-2-3-5-23(22)39-21-12-10-20(11-13-21)35(40(36,37)16-25(27,28)29)15-18-14-33-34-24(18)17-6-8-19(9-7-17)26(30,31)32/h2-14H,15-16H2,1H3,(H,33,34). The quantitative estimate of drug-likeness (QED) is 0.219. The van der Waals surface area contributed by atoms with Gasteiger partial charge in [0, 0.05) is 5.56 Å². The minimum atomic E-state index is -5.03. The van der Waals surface area contributed by atoms with Crippen molar-refractivity contribution >= 4 is 15.7 Å². The molecule has 3 aromatic carbocycles. The second kappa shape index (κ2) is 11.1.